The van der Waals surface area contributed by atoms with Gasteiger partial charge in [-0.05, 0) is 37.0 Å². The molecule has 1 aromatic rings. The van der Waals surface area contributed by atoms with E-state index in [1.54, 1.807) is 0 Å². The van der Waals surface area contributed by atoms with Crippen LogP contribution in [0.1, 0.15) is 12.8 Å². The minimum atomic E-state index is 0.443. The summed E-state index contributed by atoms with van der Waals surface area (Å²) in [7, 11) is 0. The molecule has 0 aromatic heterocycles. The molecule has 1 aromatic carbocycles. The molecule has 3 rings (SSSR count). The Morgan fingerprint density at radius 2 is 2.19 bits per heavy atom. The van der Waals surface area contributed by atoms with Gasteiger partial charge in [-0.2, -0.15) is 0 Å². The van der Waals surface area contributed by atoms with E-state index in [9.17, 15) is 0 Å². The van der Waals surface area contributed by atoms with Crippen molar-refractivity contribution in [3.05, 3.63) is 29.3 Å². The highest BCUT2D eigenvalue weighted by molar-refractivity contribution is 6.30. The molecule has 0 saturated heterocycles. The number of nitrogens with two attached hydrogens (primary N) is 1. The Bertz CT molecular complexity index is 440. The van der Waals surface area contributed by atoms with E-state index >= 15 is 0 Å². The summed E-state index contributed by atoms with van der Waals surface area (Å²) < 4.78 is 0. The van der Waals surface area contributed by atoms with Crippen molar-refractivity contribution in [1.29, 1.82) is 0 Å². The minimum absolute atomic E-state index is 0.443. The summed E-state index contributed by atoms with van der Waals surface area (Å²) in [5.74, 6) is 1.38. The van der Waals surface area contributed by atoms with Gasteiger partial charge in [0.05, 0.1) is 12.6 Å². The monoisotopic (exact) mass is 235 g/mol. The highest BCUT2D eigenvalue weighted by Crippen LogP contribution is 2.39. The van der Waals surface area contributed by atoms with Crippen LogP contribution in [-0.4, -0.2) is 18.5 Å². The Balaban J connectivity index is 1.93. The Morgan fingerprint density at radius 3 is 2.88 bits per heavy atom. The van der Waals surface area contributed by atoms with E-state index in [0.717, 1.165) is 23.2 Å². The summed E-state index contributed by atoms with van der Waals surface area (Å²) in [6.45, 7) is 0.822. The zero-order chi connectivity index (χ0) is 11.1. The third-order valence-corrected chi connectivity index (χ3v) is 3.51. The fourth-order valence-electron chi connectivity index (χ4n) is 2.31. The highest BCUT2D eigenvalue weighted by atomic mass is 35.5. The van der Waals surface area contributed by atoms with Gasteiger partial charge in [-0.3, -0.25) is 4.99 Å². The molecule has 1 aliphatic heterocycles. The maximum Gasteiger partial charge on any atom is 0.196 e. The van der Waals surface area contributed by atoms with E-state index in [-0.39, 0.29) is 0 Å². The molecule has 1 fully saturated rings. The third-order valence-electron chi connectivity index (χ3n) is 3.27. The number of anilines is 1. The van der Waals surface area contributed by atoms with Gasteiger partial charge in [0.2, 0.25) is 0 Å². The summed E-state index contributed by atoms with van der Waals surface area (Å²) in [6.07, 6.45) is 2.59. The maximum atomic E-state index is 6.01. The van der Waals surface area contributed by atoms with Crippen LogP contribution in [0.5, 0.6) is 0 Å². The second kappa shape index (κ2) is 3.67. The van der Waals surface area contributed by atoms with Gasteiger partial charge >= 0.3 is 0 Å². The fourth-order valence-corrected chi connectivity index (χ4v) is 2.49. The van der Waals surface area contributed by atoms with Crippen LogP contribution in [0.4, 0.5) is 5.69 Å². The molecule has 1 aliphatic carbocycles. The molecular formula is C12H14ClN3. The van der Waals surface area contributed by atoms with E-state index in [4.69, 9.17) is 17.3 Å². The summed E-state index contributed by atoms with van der Waals surface area (Å²) in [5, 5.41) is 0.742. The van der Waals surface area contributed by atoms with Crippen molar-refractivity contribution in [2.45, 2.75) is 18.9 Å². The van der Waals surface area contributed by atoms with E-state index in [2.05, 4.69) is 9.89 Å². The van der Waals surface area contributed by atoms with Gasteiger partial charge in [-0.15, -0.1) is 0 Å². The van der Waals surface area contributed by atoms with Gasteiger partial charge in [-0.25, -0.2) is 0 Å². The Labute approximate surface area is 99.9 Å². The Morgan fingerprint density at radius 1 is 1.38 bits per heavy atom. The lowest BCUT2D eigenvalue weighted by molar-refractivity contribution is 0.626. The van der Waals surface area contributed by atoms with Gasteiger partial charge in [0.25, 0.3) is 0 Å². The smallest absolute Gasteiger partial charge is 0.196 e. The van der Waals surface area contributed by atoms with E-state index in [1.807, 2.05) is 24.3 Å². The minimum Gasteiger partial charge on any atom is -0.370 e. The normalized spacial score (nSPS) is 24.7. The van der Waals surface area contributed by atoms with Crippen LogP contribution < -0.4 is 10.6 Å². The topological polar surface area (TPSA) is 41.6 Å². The van der Waals surface area contributed by atoms with Crippen LogP contribution in [0, 0.1) is 5.92 Å². The van der Waals surface area contributed by atoms with Crippen molar-refractivity contribution in [1.82, 2.24) is 0 Å². The van der Waals surface area contributed by atoms with Crippen molar-refractivity contribution in [2.24, 2.45) is 16.6 Å². The molecule has 0 bridgehead atoms. The van der Waals surface area contributed by atoms with Crippen molar-refractivity contribution in [2.75, 3.05) is 11.4 Å². The lowest BCUT2D eigenvalue weighted by Crippen LogP contribution is -2.42. The number of halogens is 1. The van der Waals surface area contributed by atoms with Crippen LogP contribution in [-0.2, 0) is 0 Å². The molecule has 2 aliphatic rings. The molecule has 3 nitrogen and oxygen atoms in total. The molecule has 1 atom stereocenters. The molecule has 2 N–H and O–H groups in total. The molecule has 4 heteroatoms. The van der Waals surface area contributed by atoms with Crippen molar-refractivity contribution >= 4 is 23.2 Å². The quantitative estimate of drug-likeness (QED) is 0.854. The lowest BCUT2D eigenvalue weighted by Gasteiger charge is -2.26. The SMILES string of the molecule is NC1=NCC(C2CC2)N1c1cccc(Cl)c1. The first-order valence-corrected chi connectivity index (χ1v) is 5.98. The standard InChI is InChI=1S/C12H14ClN3/c13-9-2-1-3-10(6-9)16-11(8-4-5-8)7-15-12(16)14/h1-3,6,8,11H,4-5,7H2,(H2,14,15). The number of hydrogen-bond donors (Lipinski definition) is 1. The molecular weight excluding hydrogens is 222 g/mol. The molecule has 0 spiro atoms. The molecule has 1 saturated carbocycles. The number of aliphatic imine (C=N–C) groups is 1. The first-order valence-electron chi connectivity index (χ1n) is 5.60. The number of nitrogens with zero attached hydrogens (tertiary/aromatic N) is 2. The third kappa shape index (κ3) is 1.65. The average Bonchev–Trinajstić information content (AvgIpc) is 3.02. The predicted molar refractivity (Wildman–Crippen MR) is 66.9 cm³/mol. The van der Waals surface area contributed by atoms with Gasteiger partial charge in [0, 0.05) is 10.7 Å². The number of hydrogen-bond acceptors (Lipinski definition) is 3. The van der Waals surface area contributed by atoms with Crippen molar-refractivity contribution in [3.8, 4) is 0 Å². The number of guanidine groups is 1. The van der Waals surface area contributed by atoms with Gasteiger partial charge < -0.3 is 10.6 Å². The van der Waals surface area contributed by atoms with Gasteiger partial charge in [0.15, 0.2) is 5.96 Å². The van der Waals surface area contributed by atoms with E-state index in [0.29, 0.717) is 12.0 Å². The predicted octanol–water partition coefficient (Wildman–Crippen LogP) is 2.25. The molecule has 0 radical (unpaired) electrons. The van der Waals surface area contributed by atoms with Crippen LogP contribution in [0.15, 0.2) is 29.3 Å². The van der Waals surface area contributed by atoms with Crippen LogP contribution >= 0.6 is 11.6 Å². The molecule has 0 amide bonds. The molecule has 1 heterocycles. The van der Waals surface area contributed by atoms with Crippen LogP contribution in [0.2, 0.25) is 5.02 Å². The summed E-state index contributed by atoms with van der Waals surface area (Å²) in [4.78, 5) is 6.47. The lowest BCUT2D eigenvalue weighted by atomic mass is 10.1. The second-order valence-electron chi connectivity index (χ2n) is 4.45. The molecule has 84 valence electrons. The number of rotatable bonds is 2. The van der Waals surface area contributed by atoms with E-state index in [1.165, 1.54) is 12.8 Å². The zero-order valence-electron chi connectivity index (χ0n) is 8.94. The fraction of sp³-hybridized carbons (Fsp3) is 0.417. The zero-order valence-corrected chi connectivity index (χ0v) is 9.69. The summed E-state index contributed by atoms with van der Waals surface area (Å²) >= 11 is 6.01. The first-order chi connectivity index (χ1) is 7.75. The van der Waals surface area contributed by atoms with Crippen LogP contribution in [0.3, 0.4) is 0 Å². The highest BCUT2D eigenvalue weighted by Gasteiger charge is 2.39. The van der Waals surface area contributed by atoms with Crippen molar-refractivity contribution in [3.63, 3.8) is 0 Å². The summed E-state index contributed by atoms with van der Waals surface area (Å²) in [6, 6.07) is 8.26. The van der Waals surface area contributed by atoms with Crippen LogP contribution in [0.25, 0.3) is 0 Å². The molecule has 16 heavy (non-hydrogen) atoms. The molecule has 1 unspecified atom stereocenters. The Kier molecular flexibility index (Phi) is 2.28. The maximum absolute atomic E-state index is 6.01. The van der Waals surface area contributed by atoms with Gasteiger partial charge in [0.1, 0.15) is 0 Å². The largest absolute Gasteiger partial charge is 0.370 e. The van der Waals surface area contributed by atoms with Crippen molar-refractivity contribution < 1.29 is 0 Å². The second-order valence-corrected chi connectivity index (χ2v) is 4.89. The van der Waals surface area contributed by atoms with E-state index < -0.39 is 0 Å². The summed E-state index contributed by atoms with van der Waals surface area (Å²) in [5.41, 5.74) is 7.01. The first kappa shape index (κ1) is 9.97. The van der Waals surface area contributed by atoms with Gasteiger partial charge in [-0.1, -0.05) is 17.7 Å². The average molecular weight is 236 g/mol. The Hall–Kier alpha value is -1.22. The number of benzene rings is 1.